The Labute approximate surface area is 77.1 Å². The zero-order chi connectivity index (χ0) is 9.85. The number of aliphatic carboxylic acids is 1. The molecule has 0 aliphatic heterocycles. The Morgan fingerprint density at radius 3 is 2.46 bits per heavy atom. The molecule has 13 heavy (non-hydrogen) atoms. The predicted octanol–water partition coefficient (Wildman–Crippen LogP) is 1.47. The molecule has 0 heterocycles. The van der Waals surface area contributed by atoms with E-state index in [1.165, 1.54) is 0 Å². The van der Waals surface area contributed by atoms with Crippen LogP contribution in [0.2, 0.25) is 0 Å². The van der Waals surface area contributed by atoms with Crippen LogP contribution >= 0.6 is 0 Å². The molecule has 2 fully saturated rings. The van der Waals surface area contributed by atoms with E-state index in [0.29, 0.717) is 12.8 Å². The SMILES string of the molecule is CC1(C)C(=O)[C@@]2(C(=O)O)CC[C@@H]1C2. The van der Waals surface area contributed by atoms with E-state index in [4.69, 9.17) is 5.11 Å². The Bertz CT molecular complexity index is 293. The van der Waals surface area contributed by atoms with Crippen molar-refractivity contribution in [1.29, 1.82) is 0 Å². The summed E-state index contributed by atoms with van der Waals surface area (Å²) in [6, 6.07) is 0. The van der Waals surface area contributed by atoms with Gasteiger partial charge in [-0.3, -0.25) is 9.59 Å². The van der Waals surface area contributed by atoms with Crippen molar-refractivity contribution in [2.24, 2.45) is 16.7 Å². The first-order valence-electron chi connectivity index (χ1n) is 4.69. The number of hydrogen-bond donors (Lipinski definition) is 1. The third-order valence-corrected chi connectivity index (χ3v) is 3.96. The van der Waals surface area contributed by atoms with Gasteiger partial charge in [-0.15, -0.1) is 0 Å². The second-order valence-electron chi connectivity index (χ2n) is 4.88. The summed E-state index contributed by atoms with van der Waals surface area (Å²) in [5, 5.41) is 9.07. The van der Waals surface area contributed by atoms with Crippen LogP contribution in [0.4, 0.5) is 0 Å². The first-order chi connectivity index (χ1) is 5.91. The fourth-order valence-corrected chi connectivity index (χ4v) is 2.96. The third kappa shape index (κ3) is 0.798. The molecule has 0 unspecified atom stereocenters. The molecule has 0 aromatic heterocycles. The number of carboxylic acids is 1. The second kappa shape index (κ2) is 2.14. The van der Waals surface area contributed by atoms with Gasteiger partial charge in [-0.25, -0.2) is 0 Å². The molecule has 3 nitrogen and oxygen atoms in total. The number of hydrogen-bond acceptors (Lipinski definition) is 2. The molecule has 1 N–H and O–H groups in total. The van der Waals surface area contributed by atoms with Crippen molar-refractivity contribution in [2.45, 2.75) is 33.1 Å². The highest BCUT2D eigenvalue weighted by Gasteiger charge is 2.65. The average Bonchev–Trinajstić information content (AvgIpc) is 2.53. The smallest absolute Gasteiger partial charge is 0.317 e. The van der Waals surface area contributed by atoms with E-state index in [1.807, 2.05) is 13.8 Å². The Morgan fingerprint density at radius 1 is 1.54 bits per heavy atom. The maximum absolute atomic E-state index is 11.9. The third-order valence-electron chi connectivity index (χ3n) is 3.96. The maximum atomic E-state index is 11.9. The molecule has 0 aromatic rings. The van der Waals surface area contributed by atoms with Crippen LogP contribution in [0.1, 0.15) is 33.1 Å². The molecule has 2 saturated carbocycles. The molecule has 0 saturated heterocycles. The highest BCUT2D eigenvalue weighted by Crippen LogP contribution is 2.60. The highest BCUT2D eigenvalue weighted by atomic mass is 16.4. The van der Waals surface area contributed by atoms with E-state index in [2.05, 4.69) is 0 Å². The highest BCUT2D eigenvalue weighted by molar-refractivity contribution is 6.08. The lowest BCUT2D eigenvalue weighted by Gasteiger charge is -2.30. The molecule has 0 aromatic carbocycles. The van der Waals surface area contributed by atoms with Crippen LogP contribution in [-0.4, -0.2) is 16.9 Å². The van der Waals surface area contributed by atoms with Gasteiger partial charge < -0.3 is 5.11 Å². The van der Waals surface area contributed by atoms with Gasteiger partial charge in [0, 0.05) is 5.41 Å². The van der Waals surface area contributed by atoms with E-state index in [-0.39, 0.29) is 11.7 Å². The molecule has 2 bridgehead atoms. The van der Waals surface area contributed by atoms with Crippen LogP contribution < -0.4 is 0 Å². The lowest BCUT2D eigenvalue weighted by molar-refractivity contribution is -0.156. The van der Waals surface area contributed by atoms with Gasteiger partial charge in [0.2, 0.25) is 0 Å². The number of fused-ring (bicyclic) bond motifs is 2. The fourth-order valence-electron chi connectivity index (χ4n) is 2.96. The lowest BCUT2D eigenvalue weighted by Crippen LogP contribution is -2.41. The van der Waals surface area contributed by atoms with Crippen LogP contribution in [0.25, 0.3) is 0 Å². The van der Waals surface area contributed by atoms with Crippen molar-refractivity contribution in [1.82, 2.24) is 0 Å². The summed E-state index contributed by atoms with van der Waals surface area (Å²) in [5.41, 5.74) is -1.43. The summed E-state index contributed by atoms with van der Waals surface area (Å²) in [6.45, 7) is 3.76. The molecule has 2 aliphatic rings. The number of ketones is 1. The number of Topliss-reactive ketones (excluding diaryl/α,β-unsaturated/α-hetero) is 1. The van der Waals surface area contributed by atoms with Crippen molar-refractivity contribution in [3.05, 3.63) is 0 Å². The molecule has 0 spiro atoms. The number of carbonyl (C=O) groups excluding carboxylic acids is 1. The Balaban J connectivity index is 2.46. The zero-order valence-electron chi connectivity index (χ0n) is 7.96. The predicted molar refractivity (Wildman–Crippen MR) is 46.2 cm³/mol. The number of carboxylic acid groups (broad SMARTS) is 1. The van der Waals surface area contributed by atoms with Crippen molar-refractivity contribution in [3.8, 4) is 0 Å². The quantitative estimate of drug-likeness (QED) is 0.625. The number of rotatable bonds is 1. The van der Waals surface area contributed by atoms with Gasteiger partial charge in [-0.2, -0.15) is 0 Å². The first kappa shape index (κ1) is 8.73. The fraction of sp³-hybridized carbons (Fsp3) is 0.800. The molecule has 72 valence electrons. The molecular weight excluding hydrogens is 168 g/mol. The number of carbonyl (C=O) groups is 2. The maximum Gasteiger partial charge on any atom is 0.317 e. The van der Waals surface area contributed by atoms with E-state index < -0.39 is 16.8 Å². The van der Waals surface area contributed by atoms with Gasteiger partial charge in [0.15, 0.2) is 5.78 Å². The zero-order valence-corrected chi connectivity index (χ0v) is 7.96. The second-order valence-corrected chi connectivity index (χ2v) is 4.88. The largest absolute Gasteiger partial charge is 0.480 e. The standard InChI is InChI=1S/C10H14O3/c1-9(2)6-3-4-10(5-6,7(9)11)8(12)13/h6H,3-5H2,1-2H3,(H,12,13)/t6-,10-/m1/s1. The molecule has 3 heteroatoms. The van der Waals surface area contributed by atoms with Gasteiger partial charge in [0.05, 0.1) is 0 Å². The van der Waals surface area contributed by atoms with Crippen molar-refractivity contribution in [3.63, 3.8) is 0 Å². The van der Waals surface area contributed by atoms with Gasteiger partial charge in [-0.1, -0.05) is 13.8 Å². The van der Waals surface area contributed by atoms with E-state index in [1.54, 1.807) is 0 Å². The Hall–Kier alpha value is -0.860. The van der Waals surface area contributed by atoms with Gasteiger partial charge in [-0.05, 0) is 25.2 Å². The summed E-state index contributed by atoms with van der Waals surface area (Å²) >= 11 is 0. The van der Waals surface area contributed by atoms with Crippen molar-refractivity contribution >= 4 is 11.8 Å². The molecule has 2 aliphatic carbocycles. The summed E-state index contributed by atoms with van der Waals surface area (Å²) in [4.78, 5) is 22.9. The summed E-state index contributed by atoms with van der Waals surface area (Å²) in [6.07, 6.45) is 2.01. The molecule has 0 radical (unpaired) electrons. The normalized spacial score (nSPS) is 41.1. The topological polar surface area (TPSA) is 54.4 Å². The summed E-state index contributed by atoms with van der Waals surface area (Å²) in [5.74, 6) is -0.676. The van der Waals surface area contributed by atoms with Crippen molar-refractivity contribution in [2.75, 3.05) is 0 Å². The minimum absolute atomic E-state index is 0.0521. The van der Waals surface area contributed by atoms with Crippen LogP contribution in [0, 0.1) is 16.7 Å². The monoisotopic (exact) mass is 182 g/mol. The Morgan fingerprint density at radius 2 is 2.15 bits per heavy atom. The molecule has 2 atom stereocenters. The summed E-state index contributed by atoms with van der Waals surface area (Å²) < 4.78 is 0. The van der Waals surface area contributed by atoms with Crippen LogP contribution in [0.3, 0.4) is 0 Å². The summed E-state index contributed by atoms with van der Waals surface area (Å²) in [7, 11) is 0. The first-order valence-corrected chi connectivity index (χ1v) is 4.69. The van der Waals surface area contributed by atoms with Crippen LogP contribution in [-0.2, 0) is 9.59 Å². The van der Waals surface area contributed by atoms with Gasteiger partial charge in [0.25, 0.3) is 0 Å². The molecular formula is C10H14O3. The minimum atomic E-state index is -1.02. The van der Waals surface area contributed by atoms with E-state index >= 15 is 0 Å². The van der Waals surface area contributed by atoms with E-state index in [0.717, 1.165) is 6.42 Å². The molecule has 0 amide bonds. The van der Waals surface area contributed by atoms with Gasteiger partial charge in [0.1, 0.15) is 5.41 Å². The minimum Gasteiger partial charge on any atom is -0.480 e. The van der Waals surface area contributed by atoms with E-state index in [9.17, 15) is 9.59 Å². The van der Waals surface area contributed by atoms with Crippen LogP contribution in [0.15, 0.2) is 0 Å². The average molecular weight is 182 g/mol. The lowest BCUT2D eigenvalue weighted by atomic mass is 9.71. The van der Waals surface area contributed by atoms with Gasteiger partial charge >= 0.3 is 5.97 Å². The van der Waals surface area contributed by atoms with Crippen LogP contribution in [0.5, 0.6) is 0 Å². The van der Waals surface area contributed by atoms with Crippen molar-refractivity contribution < 1.29 is 14.7 Å². The molecule has 2 rings (SSSR count). The Kier molecular flexibility index (Phi) is 1.44.